The first-order chi connectivity index (χ1) is 9.39. The Balaban J connectivity index is 2.21. The number of carbonyl (C=O) groups excluding carboxylic acids is 2. The maximum Gasteiger partial charge on any atom is 0.259 e. The van der Waals surface area contributed by atoms with Crippen LogP contribution in [0.15, 0.2) is 4.52 Å². The number of aromatic nitrogens is 1. The molecular formula is C14H21N3O3. The van der Waals surface area contributed by atoms with Gasteiger partial charge in [-0.1, -0.05) is 5.16 Å². The first-order valence-electron chi connectivity index (χ1n) is 6.83. The summed E-state index contributed by atoms with van der Waals surface area (Å²) in [7, 11) is 1.63. The van der Waals surface area contributed by atoms with Crippen LogP contribution in [0.25, 0.3) is 0 Å². The Bertz CT molecular complexity index is 518. The van der Waals surface area contributed by atoms with E-state index in [9.17, 15) is 9.59 Å². The van der Waals surface area contributed by atoms with Crippen LogP contribution in [0.1, 0.15) is 41.6 Å². The summed E-state index contributed by atoms with van der Waals surface area (Å²) in [5.74, 6) is 0.407. The summed E-state index contributed by atoms with van der Waals surface area (Å²) in [4.78, 5) is 26.3. The van der Waals surface area contributed by atoms with Crippen LogP contribution in [0, 0.1) is 19.3 Å². The van der Waals surface area contributed by atoms with E-state index in [0.29, 0.717) is 30.1 Å². The van der Waals surface area contributed by atoms with Crippen LogP contribution in [0.2, 0.25) is 0 Å². The molecule has 1 aliphatic rings. The van der Waals surface area contributed by atoms with Crippen molar-refractivity contribution in [2.45, 2.75) is 33.6 Å². The Morgan fingerprint density at radius 2 is 2.10 bits per heavy atom. The molecule has 0 saturated carbocycles. The van der Waals surface area contributed by atoms with Crippen molar-refractivity contribution in [3.8, 4) is 0 Å². The predicted octanol–water partition coefficient (Wildman–Crippen LogP) is 1.28. The Morgan fingerprint density at radius 3 is 2.65 bits per heavy atom. The summed E-state index contributed by atoms with van der Waals surface area (Å²) in [6, 6.07) is 0. The van der Waals surface area contributed by atoms with Gasteiger partial charge >= 0.3 is 0 Å². The second-order valence-electron chi connectivity index (χ2n) is 5.67. The molecule has 1 aliphatic heterocycles. The normalized spacial score (nSPS) is 22.7. The number of hydrogen-bond acceptors (Lipinski definition) is 4. The van der Waals surface area contributed by atoms with E-state index in [-0.39, 0.29) is 11.8 Å². The lowest BCUT2D eigenvalue weighted by atomic mass is 9.80. The lowest BCUT2D eigenvalue weighted by Crippen LogP contribution is -2.51. The molecule has 1 N–H and O–H groups in total. The average molecular weight is 279 g/mol. The predicted molar refractivity (Wildman–Crippen MR) is 73.3 cm³/mol. The number of nitrogens with one attached hydrogen (secondary N) is 1. The summed E-state index contributed by atoms with van der Waals surface area (Å²) in [5, 5.41) is 6.50. The van der Waals surface area contributed by atoms with Crippen LogP contribution in [0.4, 0.5) is 0 Å². The molecule has 0 aromatic carbocycles. The van der Waals surface area contributed by atoms with E-state index in [2.05, 4.69) is 10.5 Å². The molecule has 1 atom stereocenters. The van der Waals surface area contributed by atoms with Gasteiger partial charge in [0.25, 0.3) is 5.91 Å². The maximum atomic E-state index is 12.6. The zero-order valence-corrected chi connectivity index (χ0v) is 12.4. The Hall–Kier alpha value is -1.85. The lowest BCUT2D eigenvalue weighted by Gasteiger charge is -2.39. The number of nitrogens with zero attached hydrogens (tertiary/aromatic N) is 2. The molecule has 1 fully saturated rings. The molecule has 1 aromatic heterocycles. The largest absolute Gasteiger partial charge is 0.361 e. The molecule has 6 nitrogen and oxygen atoms in total. The van der Waals surface area contributed by atoms with E-state index in [4.69, 9.17) is 4.52 Å². The van der Waals surface area contributed by atoms with Gasteiger partial charge in [-0.2, -0.15) is 0 Å². The standard InChI is InChI=1S/C14H21N3O3/c1-9-11(10(2)20-16-9)12(18)17-7-5-6-14(3,8-17)13(19)15-4/h5-8H2,1-4H3,(H,15,19). The molecule has 0 spiro atoms. The minimum absolute atomic E-state index is 0.0197. The van der Waals surface area contributed by atoms with Gasteiger partial charge in [0, 0.05) is 20.1 Å². The molecule has 0 radical (unpaired) electrons. The third-order valence-electron chi connectivity index (χ3n) is 4.01. The molecule has 1 saturated heterocycles. The van der Waals surface area contributed by atoms with Crippen molar-refractivity contribution in [2.24, 2.45) is 5.41 Å². The number of piperidine rings is 1. The zero-order chi connectivity index (χ0) is 14.9. The summed E-state index contributed by atoms with van der Waals surface area (Å²) < 4.78 is 5.05. The van der Waals surface area contributed by atoms with Gasteiger partial charge in [0.05, 0.1) is 11.1 Å². The smallest absolute Gasteiger partial charge is 0.259 e. The van der Waals surface area contributed by atoms with E-state index >= 15 is 0 Å². The van der Waals surface area contributed by atoms with E-state index in [1.165, 1.54) is 0 Å². The van der Waals surface area contributed by atoms with E-state index in [1.54, 1.807) is 25.8 Å². The highest BCUT2D eigenvalue weighted by Gasteiger charge is 2.39. The topological polar surface area (TPSA) is 75.4 Å². The average Bonchev–Trinajstić information content (AvgIpc) is 2.76. The molecule has 20 heavy (non-hydrogen) atoms. The van der Waals surface area contributed by atoms with Gasteiger partial charge in [-0.05, 0) is 33.6 Å². The number of rotatable bonds is 2. The zero-order valence-electron chi connectivity index (χ0n) is 12.4. The van der Waals surface area contributed by atoms with Gasteiger partial charge in [0.2, 0.25) is 5.91 Å². The van der Waals surface area contributed by atoms with Crippen LogP contribution >= 0.6 is 0 Å². The van der Waals surface area contributed by atoms with Gasteiger partial charge in [0.1, 0.15) is 11.3 Å². The van der Waals surface area contributed by atoms with Gasteiger partial charge in [-0.15, -0.1) is 0 Å². The van der Waals surface area contributed by atoms with Gasteiger partial charge < -0.3 is 14.7 Å². The van der Waals surface area contributed by atoms with E-state index < -0.39 is 5.41 Å². The monoisotopic (exact) mass is 279 g/mol. The molecule has 0 aliphatic carbocycles. The van der Waals surface area contributed by atoms with Crippen molar-refractivity contribution in [3.05, 3.63) is 17.0 Å². The van der Waals surface area contributed by atoms with Crippen LogP contribution in [0.3, 0.4) is 0 Å². The van der Waals surface area contributed by atoms with Crippen molar-refractivity contribution < 1.29 is 14.1 Å². The molecule has 2 heterocycles. The Labute approximate surface area is 118 Å². The quantitative estimate of drug-likeness (QED) is 0.885. The lowest BCUT2D eigenvalue weighted by molar-refractivity contribution is -0.132. The molecule has 2 rings (SSSR count). The fraction of sp³-hybridized carbons (Fsp3) is 0.643. The number of likely N-dealkylation sites (tertiary alicyclic amines) is 1. The molecule has 6 heteroatoms. The van der Waals surface area contributed by atoms with E-state index in [1.807, 2.05) is 6.92 Å². The fourth-order valence-electron chi connectivity index (χ4n) is 2.85. The number of aryl methyl sites for hydroxylation is 2. The van der Waals surface area contributed by atoms with Crippen LogP contribution in [0.5, 0.6) is 0 Å². The van der Waals surface area contributed by atoms with Gasteiger partial charge in [0.15, 0.2) is 0 Å². The molecule has 2 amide bonds. The minimum Gasteiger partial charge on any atom is -0.361 e. The second-order valence-corrected chi connectivity index (χ2v) is 5.67. The van der Waals surface area contributed by atoms with Crippen molar-refractivity contribution in [3.63, 3.8) is 0 Å². The molecular weight excluding hydrogens is 258 g/mol. The highest BCUT2D eigenvalue weighted by Crippen LogP contribution is 2.31. The minimum atomic E-state index is -0.526. The van der Waals surface area contributed by atoms with Crippen molar-refractivity contribution >= 4 is 11.8 Å². The summed E-state index contributed by atoms with van der Waals surface area (Å²) in [5.41, 5.74) is 0.590. The third kappa shape index (κ3) is 2.42. The first-order valence-corrected chi connectivity index (χ1v) is 6.83. The van der Waals surface area contributed by atoms with E-state index in [0.717, 1.165) is 12.8 Å². The fourth-order valence-corrected chi connectivity index (χ4v) is 2.85. The first kappa shape index (κ1) is 14.6. The van der Waals surface area contributed by atoms with Crippen LogP contribution in [-0.4, -0.2) is 42.0 Å². The maximum absolute atomic E-state index is 12.6. The van der Waals surface area contributed by atoms with Crippen molar-refractivity contribution in [2.75, 3.05) is 20.1 Å². The number of carbonyl (C=O) groups is 2. The molecule has 1 unspecified atom stereocenters. The molecule has 110 valence electrons. The van der Waals surface area contributed by atoms with Crippen LogP contribution < -0.4 is 5.32 Å². The highest BCUT2D eigenvalue weighted by atomic mass is 16.5. The summed E-state index contributed by atoms with van der Waals surface area (Å²) in [6.45, 7) is 6.48. The SMILES string of the molecule is CNC(=O)C1(C)CCCN(C(=O)c2c(C)noc2C)C1. The number of hydrogen-bond donors (Lipinski definition) is 1. The van der Waals surface area contributed by atoms with Crippen molar-refractivity contribution in [1.29, 1.82) is 0 Å². The summed E-state index contributed by atoms with van der Waals surface area (Å²) >= 11 is 0. The highest BCUT2D eigenvalue weighted by molar-refractivity contribution is 5.96. The second kappa shape index (κ2) is 5.26. The van der Waals surface area contributed by atoms with Crippen molar-refractivity contribution in [1.82, 2.24) is 15.4 Å². The number of amides is 2. The third-order valence-corrected chi connectivity index (χ3v) is 4.01. The Morgan fingerprint density at radius 1 is 1.40 bits per heavy atom. The van der Waals surface area contributed by atoms with Gasteiger partial charge in [-0.3, -0.25) is 9.59 Å². The molecule has 0 bridgehead atoms. The summed E-state index contributed by atoms with van der Waals surface area (Å²) in [6.07, 6.45) is 1.61. The Kier molecular flexibility index (Phi) is 3.83. The molecule has 1 aromatic rings. The van der Waals surface area contributed by atoms with Crippen LogP contribution in [-0.2, 0) is 4.79 Å². The van der Waals surface area contributed by atoms with Gasteiger partial charge in [-0.25, -0.2) is 0 Å².